The number of rotatable bonds is 7. The van der Waals surface area contributed by atoms with Gasteiger partial charge in [0.05, 0.1) is 50.8 Å². The Kier molecular flexibility index (Phi) is 5.24. The molecule has 0 radical (unpaired) electrons. The summed E-state index contributed by atoms with van der Waals surface area (Å²) >= 11 is 6.11. The van der Waals surface area contributed by atoms with E-state index in [0.717, 1.165) is 11.4 Å². The summed E-state index contributed by atoms with van der Waals surface area (Å²) in [4.78, 5) is 0. The van der Waals surface area contributed by atoms with E-state index in [1.54, 1.807) is 37.2 Å². The smallest absolute Gasteiger partial charge is 0.145 e. The highest BCUT2D eigenvalue weighted by molar-refractivity contribution is 6.32. The molecule has 114 valence electrons. The summed E-state index contributed by atoms with van der Waals surface area (Å²) in [6.07, 6.45) is 1.76. The van der Waals surface area contributed by atoms with Crippen molar-refractivity contribution >= 4 is 17.3 Å². The highest BCUT2D eigenvalue weighted by atomic mass is 35.5. The maximum absolute atomic E-state index is 8.84. The Morgan fingerprint density at radius 2 is 2.05 bits per heavy atom. The van der Waals surface area contributed by atoms with Gasteiger partial charge in [-0.3, -0.25) is 0 Å². The monoisotopic (exact) mass is 312 g/mol. The molecule has 0 unspecified atom stereocenters. The predicted octanol–water partition coefficient (Wildman–Crippen LogP) is 1.55. The number of aliphatic hydroxyl groups excluding tert-OH is 1. The first kappa shape index (κ1) is 15.4. The summed E-state index contributed by atoms with van der Waals surface area (Å²) in [6, 6.07) is 3.45. The Balaban J connectivity index is 2.09. The van der Waals surface area contributed by atoms with Crippen LogP contribution in [0.2, 0.25) is 5.02 Å². The van der Waals surface area contributed by atoms with Crippen molar-refractivity contribution in [2.45, 2.75) is 13.1 Å². The highest BCUT2D eigenvalue weighted by Crippen LogP contribution is 2.35. The lowest BCUT2D eigenvalue weighted by Gasteiger charge is -2.13. The van der Waals surface area contributed by atoms with Crippen LogP contribution in [0.4, 0.5) is 5.69 Å². The maximum atomic E-state index is 8.84. The number of hydrogen-bond donors (Lipinski definition) is 2. The van der Waals surface area contributed by atoms with Crippen molar-refractivity contribution < 1.29 is 14.6 Å². The molecule has 2 aromatic rings. The number of halogens is 1. The molecule has 0 fully saturated rings. The van der Waals surface area contributed by atoms with Gasteiger partial charge in [-0.25, -0.2) is 4.68 Å². The van der Waals surface area contributed by atoms with E-state index >= 15 is 0 Å². The van der Waals surface area contributed by atoms with Crippen molar-refractivity contribution in [3.05, 3.63) is 29.0 Å². The maximum Gasteiger partial charge on any atom is 0.145 e. The summed E-state index contributed by atoms with van der Waals surface area (Å²) in [7, 11) is 3.12. The van der Waals surface area contributed by atoms with Crippen LogP contribution in [0, 0.1) is 0 Å². The van der Waals surface area contributed by atoms with E-state index in [2.05, 4.69) is 15.6 Å². The summed E-state index contributed by atoms with van der Waals surface area (Å²) in [5.41, 5.74) is 1.48. The first-order valence-electron chi connectivity index (χ1n) is 6.33. The molecule has 1 heterocycles. The molecular weight excluding hydrogens is 296 g/mol. The van der Waals surface area contributed by atoms with E-state index in [1.807, 2.05) is 0 Å². The number of nitrogens with zero attached hydrogens (tertiary/aromatic N) is 3. The van der Waals surface area contributed by atoms with E-state index in [4.69, 9.17) is 26.2 Å². The molecule has 0 saturated heterocycles. The van der Waals surface area contributed by atoms with E-state index in [-0.39, 0.29) is 6.61 Å². The van der Waals surface area contributed by atoms with Gasteiger partial charge in [0.25, 0.3) is 0 Å². The molecule has 2 rings (SSSR count). The van der Waals surface area contributed by atoms with Crippen LogP contribution in [-0.2, 0) is 13.1 Å². The minimum Gasteiger partial charge on any atom is -0.495 e. The minimum absolute atomic E-state index is 0.0259. The van der Waals surface area contributed by atoms with Crippen LogP contribution in [-0.4, -0.2) is 40.9 Å². The Morgan fingerprint density at radius 1 is 1.29 bits per heavy atom. The second-order valence-corrected chi connectivity index (χ2v) is 4.64. The number of hydrogen-bond acceptors (Lipinski definition) is 6. The number of aliphatic hydroxyl groups is 1. The second-order valence-electron chi connectivity index (χ2n) is 4.24. The number of methoxy groups -OCH3 is 2. The zero-order chi connectivity index (χ0) is 15.2. The molecule has 0 atom stereocenters. The number of benzene rings is 1. The van der Waals surface area contributed by atoms with Gasteiger partial charge < -0.3 is 19.9 Å². The summed E-state index contributed by atoms with van der Waals surface area (Å²) in [5.74, 6) is 1.17. The van der Waals surface area contributed by atoms with Crippen molar-refractivity contribution in [3.8, 4) is 11.5 Å². The molecule has 7 nitrogen and oxygen atoms in total. The van der Waals surface area contributed by atoms with Gasteiger partial charge in [0.1, 0.15) is 17.2 Å². The normalized spacial score (nSPS) is 10.5. The third-order valence-electron chi connectivity index (χ3n) is 2.85. The van der Waals surface area contributed by atoms with Gasteiger partial charge in [0.15, 0.2) is 0 Å². The van der Waals surface area contributed by atoms with Crippen molar-refractivity contribution in [2.75, 3.05) is 26.1 Å². The quantitative estimate of drug-likeness (QED) is 0.807. The van der Waals surface area contributed by atoms with Gasteiger partial charge in [-0.2, -0.15) is 0 Å². The molecule has 0 bridgehead atoms. The fourth-order valence-corrected chi connectivity index (χ4v) is 2.06. The van der Waals surface area contributed by atoms with E-state index in [0.29, 0.717) is 29.6 Å². The van der Waals surface area contributed by atoms with Gasteiger partial charge >= 0.3 is 0 Å². The highest BCUT2D eigenvalue weighted by Gasteiger charge is 2.10. The van der Waals surface area contributed by atoms with Gasteiger partial charge in [-0.15, -0.1) is 5.10 Å². The summed E-state index contributed by atoms with van der Waals surface area (Å²) in [6.45, 7) is 0.910. The molecule has 1 aromatic carbocycles. The largest absolute Gasteiger partial charge is 0.495 e. The third kappa shape index (κ3) is 3.77. The Labute approximate surface area is 127 Å². The molecule has 0 spiro atoms. The van der Waals surface area contributed by atoms with Gasteiger partial charge in [0.2, 0.25) is 0 Å². The lowest BCUT2D eigenvalue weighted by Crippen LogP contribution is -2.03. The fraction of sp³-hybridized carbons (Fsp3) is 0.385. The fourth-order valence-electron chi connectivity index (χ4n) is 1.82. The summed E-state index contributed by atoms with van der Waals surface area (Å²) < 4.78 is 12.0. The number of nitrogens with one attached hydrogen (secondary N) is 1. The molecule has 2 N–H and O–H groups in total. The van der Waals surface area contributed by atoms with Crippen LogP contribution in [0.15, 0.2) is 18.3 Å². The zero-order valence-electron chi connectivity index (χ0n) is 11.8. The number of ether oxygens (including phenoxy) is 2. The van der Waals surface area contributed by atoms with Gasteiger partial charge in [-0.1, -0.05) is 16.8 Å². The SMILES string of the molecule is COc1cc(OC)c(NCc2cn(CCO)nn2)cc1Cl. The van der Waals surface area contributed by atoms with Crippen LogP contribution in [0.25, 0.3) is 0 Å². The zero-order valence-corrected chi connectivity index (χ0v) is 12.6. The van der Waals surface area contributed by atoms with E-state index in [9.17, 15) is 0 Å². The molecule has 0 aliphatic carbocycles. The lowest BCUT2D eigenvalue weighted by molar-refractivity contribution is 0.268. The van der Waals surface area contributed by atoms with Crippen LogP contribution < -0.4 is 14.8 Å². The lowest BCUT2D eigenvalue weighted by atomic mass is 10.2. The molecule has 0 aliphatic rings. The molecule has 0 saturated carbocycles. The second kappa shape index (κ2) is 7.14. The topological polar surface area (TPSA) is 81.4 Å². The molecule has 0 aliphatic heterocycles. The van der Waals surface area contributed by atoms with Crippen molar-refractivity contribution in [1.29, 1.82) is 0 Å². The standard InChI is InChI=1S/C13H17ClN4O3/c1-20-12-6-13(21-2)11(5-10(12)14)15-7-9-8-18(3-4-19)17-16-9/h5-6,8,15,19H,3-4,7H2,1-2H3. The van der Waals surface area contributed by atoms with E-state index in [1.165, 1.54) is 0 Å². The Hall–Kier alpha value is -1.99. The molecule has 8 heteroatoms. The molecule has 1 aromatic heterocycles. The third-order valence-corrected chi connectivity index (χ3v) is 3.14. The van der Waals surface area contributed by atoms with Gasteiger partial charge in [0, 0.05) is 6.07 Å². The van der Waals surface area contributed by atoms with Crippen LogP contribution in [0.3, 0.4) is 0 Å². The van der Waals surface area contributed by atoms with E-state index < -0.39 is 0 Å². The average molecular weight is 313 g/mol. The van der Waals surface area contributed by atoms with Crippen molar-refractivity contribution in [2.24, 2.45) is 0 Å². The molecule has 0 amide bonds. The van der Waals surface area contributed by atoms with Crippen molar-refractivity contribution in [3.63, 3.8) is 0 Å². The first-order chi connectivity index (χ1) is 10.2. The van der Waals surface area contributed by atoms with Crippen LogP contribution >= 0.6 is 11.6 Å². The number of anilines is 1. The Morgan fingerprint density at radius 3 is 2.71 bits per heavy atom. The number of aromatic nitrogens is 3. The van der Waals surface area contributed by atoms with Crippen LogP contribution in [0.5, 0.6) is 11.5 Å². The van der Waals surface area contributed by atoms with Gasteiger partial charge in [-0.05, 0) is 6.07 Å². The first-order valence-corrected chi connectivity index (χ1v) is 6.71. The van der Waals surface area contributed by atoms with Crippen LogP contribution in [0.1, 0.15) is 5.69 Å². The van der Waals surface area contributed by atoms with Crippen molar-refractivity contribution in [1.82, 2.24) is 15.0 Å². The Bertz CT molecular complexity index is 603. The average Bonchev–Trinajstić information content (AvgIpc) is 2.93. The minimum atomic E-state index is 0.0259. The predicted molar refractivity (Wildman–Crippen MR) is 79.0 cm³/mol. The summed E-state index contributed by atoms with van der Waals surface area (Å²) in [5, 5.41) is 20.4. The molecular formula is C13H17ClN4O3. The molecule has 21 heavy (non-hydrogen) atoms.